The molecule has 0 aliphatic rings. The Balaban J connectivity index is 1.69. The van der Waals surface area contributed by atoms with Crippen molar-refractivity contribution in [3.8, 4) is 5.75 Å². The van der Waals surface area contributed by atoms with Gasteiger partial charge in [-0.2, -0.15) is 0 Å². The molecule has 0 spiro atoms. The molecule has 1 aromatic heterocycles. The van der Waals surface area contributed by atoms with Gasteiger partial charge in [-0.15, -0.1) is 0 Å². The molecule has 0 bridgehead atoms. The molecule has 3 aromatic rings. The zero-order valence-electron chi connectivity index (χ0n) is 20.5. The monoisotopic (exact) mass is 510 g/mol. The average molecular weight is 511 g/mol. The first kappa shape index (κ1) is 27.0. The normalized spacial score (nSPS) is 11.7. The maximum absolute atomic E-state index is 13.0. The second kappa shape index (κ2) is 12.9. The van der Waals surface area contributed by atoms with E-state index in [1.807, 2.05) is 37.3 Å². The molecule has 1 heterocycles. The van der Waals surface area contributed by atoms with Crippen LogP contribution >= 0.6 is 11.8 Å². The number of hydrogen-bond acceptors (Lipinski definition) is 9. The Kier molecular flexibility index (Phi) is 9.66. The van der Waals surface area contributed by atoms with Crippen molar-refractivity contribution in [2.45, 2.75) is 33.7 Å². The summed E-state index contributed by atoms with van der Waals surface area (Å²) in [6, 6.07) is 11.2. The maximum atomic E-state index is 13.0. The minimum Gasteiger partial charge on any atom is -0.493 e. The fraction of sp³-hybridized carbons (Fsp3) is 0.308. The molecular weight excluding hydrogens is 480 g/mol. The highest BCUT2D eigenvalue weighted by molar-refractivity contribution is 8.03. The first-order chi connectivity index (χ1) is 17.3. The van der Waals surface area contributed by atoms with Crippen LogP contribution in [0.15, 0.2) is 53.1 Å². The Bertz CT molecular complexity index is 1280. The number of benzene rings is 2. The smallest absolute Gasteiger partial charge is 0.343 e. The Morgan fingerprint density at radius 2 is 1.97 bits per heavy atom. The van der Waals surface area contributed by atoms with Gasteiger partial charge in [0.15, 0.2) is 0 Å². The van der Waals surface area contributed by atoms with E-state index >= 15 is 0 Å². The number of hydrogen-bond donors (Lipinski definition) is 3. The van der Waals surface area contributed by atoms with Crippen LogP contribution in [0.4, 0.5) is 5.82 Å². The number of esters is 1. The number of nitrogens with two attached hydrogens (primary N) is 1. The molecule has 10 heteroatoms. The molecule has 0 radical (unpaired) electrons. The zero-order valence-corrected chi connectivity index (χ0v) is 21.4. The van der Waals surface area contributed by atoms with Crippen molar-refractivity contribution in [2.24, 2.45) is 0 Å². The van der Waals surface area contributed by atoms with E-state index in [0.717, 1.165) is 10.8 Å². The van der Waals surface area contributed by atoms with E-state index in [-0.39, 0.29) is 31.4 Å². The molecule has 190 valence electrons. The molecule has 9 nitrogen and oxygen atoms in total. The largest absolute Gasteiger partial charge is 0.493 e. The lowest BCUT2D eigenvalue weighted by molar-refractivity contribution is -0.117. The number of rotatable bonds is 11. The highest BCUT2D eigenvalue weighted by Gasteiger charge is 2.19. The highest BCUT2D eigenvalue weighted by Crippen LogP contribution is 2.30. The summed E-state index contributed by atoms with van der Waals surface area (Å²) in [5.74, 6) is 0.417. The molecular formula is C26H30N4O5S. The fourth-order valence-electron chi connectivity index (χ4n) is 3.52. The number of anilines is 1. The van der Waals surface area contributed by atoms with Crippen LogP contribution in [-0.4, -0.2) is 46.1 Å². The topological polar surface area (TPSA) is 137 Å². The first-order valence-corrected chi connectivity index (χ1v) is 12.5. The Hall–Kier alpha value is -3.63. The number of nitrogens with one attached hydrogen (secondary N) is 1. The predicted molar refractivity (Wildman–Crippen MR) is 140 cm³/mol. The lowest BCUT2D eigenvalue weighted by Crippen LogP contribution is -2.25. The molecule has 0 saturated heterocycles. The number of fused-ring (bicyclic) bond motifs is 1. The van der Waals surface area contributed by atoms with Gasteiger partial charge in [0.1, 0.15) is 28.9 Å². The molecule has 0 saturated carbocycles. The lowest BCUT2D eigenvalue weighted by atomic mass is 10.0. The van der Waals surface area contributed by atoms with E-state index in [1.54, 1.807) is 26.1 Å². The van der Waals surface area contributed by atoms with Crippen LogP contribution in [0, 0.1) is 6.92 Å². The minimum atomic E-state index is -0.525. The second-order valence-electron chi connectivity index (χ2n) is 7.82. The molecule has 0 unspecified atom stereocenters. The van der Waals surface area contributed by atoms with Crippen molar-refractivity contribution in [3.63, 3.8) is 0 Å². The third-order valence-corrected chi connectivity index (χ3v) is 6.47. The van der Waals surface area contributed by atoms with Gasteiger partial charge in [-0.05, 0) is 42.5 Å². The summed E-state index contributed by atoms with van der Waals surface area (Å²) in [6.07, 6.45) is 1.82. The van der Waals surface area contributed by atoms with E-state index in [4.69, 9.17) is 15.2 Å². The molecule has 0 aliphatic heterocycles. The average Bonchev–Trinajstić information content (AvgIpc) is 2.87. The van der Waals surface area contributed by atoms with E-state index < -0.39 is 5.97 Å². The summed E-state index contributed by atoms with van der Waals surface area (Å²) in [5.41, 5.74) is 7.26. The molecule has 0 aliphatic carbocycles. The van der Waals surface area contributed by atoms with Crippen molar-refractivity contribution in [1.29, 1.82) is 0 Å². The minimum absolute atomic E-state index is 0.0354. The number of nitrogens with zero attached hydrogens (tertiary/aromatic N) is 2. The third kappa shape index (κ3) is 6.73. The van der Waals surface area contributed by atoms with Crippen LogP contribution in [0.25, 0.3) is 10.8 Å². The van der Waals surface area contributed by atoms with Gasteiger partial charge in [-0.3, -0.25) is 4.79 Å². The molecule has 0 fully saturated rings. The Morgan fingerprint density at radius 3 is 2.69 bits per heavy atom. The Morgan fingerprint density at radius 1 is 1.19 bits per heavy atom. The van der Waals surface area contributed by atoms with E-state index in [9.17, 15) is 14.7 Å². The summed E-state index contributed by atoms with van der Waals surface area (Å²) in [4.78, 5) is 34.5. The van der Waals surface area contributed by atoms with Crippen molar-refractivity contribution in [3.05, 3.63) is 70.0 Å². The standard InChI is InChI=1S/C26H30N4O5S/c1-4-34-21-10-9-18-7-5-6-8-20(18)23(21)26(33)35-15-36-22(11-12-31)16(2)25(32)29-14-19-13-28-17(3)30-24(19)27/h5-10,13,31H,4,11-12,14-15H2,1-3H3,(H,29,32)(H2,27,28,30)/b22-16-. The number of aryl methyl sites for hydroxylation is 1. The van der Waals surface area contributed by atoms with Gasteiger partial charge in [-0.25, -0.2) is 14.8 Å². The molecule has 2 aromatic carbocycles. The number of carbonyl (C=O) groups is 2. The number of aliphatic hydroxyl groups excluding tert-OH is 1. The Labute approximate surface area is 214 Å². The van der Waals surface area contributed by atoms with Crippen LogP contribution in [0.3, 0.4) is 0 Å². The van der Waals surface area contributed by atoms with Gasteiger partial charge in [0, 0.05) is 36.9 Å². The van der Waals surface area contributed by atoms with E-state index in [2.05, 4.69) is 15.3 Å². The zero-order chi connectivity index (χ0) is 26.1. The lowest BCUT2D eigenvalue weighted by Gasteiger charge is -2.14. The molecule has 4 N–H and O–H groups in total. The molecule has 36 heavy (non-hydrogen) atoms. The number of thioether (sulfide) groups is 1. The second-order valence-corrected chi connectivity index (χ2v) is 8.84. The van der Waals surface area contributed by atoms with Crippen LogP contribution in [-0.2, 0) is 16.1 Å². The summed E-state index contributed by atoms with van der Waals surface area (Å²) in [6.45, 7) is 5.65. The number of carbonyl (C=O) groups excluding carboxylic acids is 2. The fourth-order valence-corrected chi connectivity index (χ4v) is 4.37. The quantitative estimate of drug-likeness (QED) is 0.200. The summed E-state index contributed by atoms with van der Waals surface area (Å²) < 4.78 is 11.2. The third-order valence-electron chi connectivity index (χ3n) is 5.37. The van der Waals surface area contributed by atoms with E-state index in [1.165, 1.54) is 11.8 Å². The van der Waals surface area contributed by atoms with E-state index in [0.29, 0.717) is 45.6 Å². The van der Waals surface area contributed by atoms with Gasteiger partial charge in [0.05, 0.1) is 6.61 Å². The summed E-state index contributed by atoms with van der Waals surface area (Å²) >= 11 is 1.18. The number of amides is 1. The number of ether oxygens (including phenoxy) is 2. The van der Waals surface area contributed by atoms with Gasteiger partial charge in [0.2, 0.25) is 5.91 Å². The van der Waals surface area contributed by atoms with Crippen LogP contribution in [0.2, 0.25) is 0 Å². The van der Waals surface area contributed by atoms with Crippen molar-refractivity contribution in [2.75, 3.05) is 24.9 Å². The van der Waals surface area contributed by atoms with Gasteiger partial charge >= 0.3 is 5.97 Å². The van der Waals surface area contributed by atoms with Crippen LogP contribution in [0.1, 0.15) is 42.0 Å². The van der Waals surface area contributed by atoms with Crippen molar-refractivity contribution >= 4 is 40.2 Å². The first-order valence-electron chi connectivity index (χ1n) is 11.5. The maximum Gasteiger partial charge on any atom is 0.343 e. The SMILES string of the molecule is CCOc1ccc2ccccc2c1C(=O)OCS/C(CCO)=C(/C)C(=O)NCc1cnc(C)nc1N. The van der Waals surface area contributed by atoms with Crippen LogP contribution in [0.5, 0.6) is 5.75 Å². The van der Waals surface area contributed by atoms with Gasteiger partial charge in [-0.1, -0.05) is 42.1 Å². The molecule has 3 rings (SSSR count). The number of aliphatic hydroxyl groups is 1. The predicted octanol–water partition coefficient (Wildman–Crippen LogP) is 3.74. The molecule has 0 atom stereocenters. The van der Waals surface area contributed by atoms with Gasteiger partial charge < -0.3 is 25.6 Å². The van der Waals surface area contributed by atoms with Crippen molar-refractivity contribution in [1.82, 2.24) is 15.3 Å². The molecule has 1 amide bonds. The number of nitrogen functional groups attached to an aromatic ring is 1. The highest BCUT2D eigenvalue weighted by atomic mass is 32.2. The number of aromatic nitrogens is 2. The van der Waals surface area contributed by atoms with Crippen molar-refractivity contribution < 1.29 is 24.2 Å². The van der Waals surface area contributed by atoms with Gasteiger partial charge in [0.25, 0.3) is 0 Å². The van der Waals surface area contributed by atoms with Crippen LogP contribution < -0.4 is 15.8 Å². The summed E-state index contributed by atoms with van der Waals surface area (Å²) in [5, 5.41) is 13.9. The summed E-state index contributed by atoms with van der Waals surface area (Å²) in [7, 11) is 0.